The number of aromatic hydroxyl groups is 4. The van der Waals surface area contributed by atoms with Crippen LogP contribution in [0.25, 0.3) is 0 Å². The number of carboxylic acid groups (broad SMARTS) is 2. The summed E-state index contributed by atoms with van der Waals surface area (Å²) in [7, 11) is 2.53. The van der Waals surface area contributed by atoms with Crippen LogP contribution in [-0.2, 0) is 9.47 Å². The molecule has 0 fully saturated rings. The molecule has 0 bridgehead atoms. The minimum Gasteiger partial charge on any atom is -0.504 e. The van der Waals surface area contributed by atoms with Crippen molar-refractivity contribution >= 4 is 23.9 Å². The van der Waals surface area contributed by atoms with Crippen LogP contribution in [0.4, 0.5) is 0 Å². The number of rotatable bonds is 4. The van der Waals surface area contributed by atoms with Crippen molar-refractivity contribution < 1.29 is 78.2 Å². The normalized spacial score (nSPS) is 11.2. The number of aromatic carboxylic acids is 2. The third-order valence-corrected chi connectivity index (χ3v) is 6.09. The van der Waals surface area contributed by atoms with E-state index in [0.717, 1.165) is 0 Å². The number of carbonyl (C=O) groups excluding carboxylic acids is 2. The maximum atomic E-state index is 11.2. The van der Waals surface area contributed by atoms with Crippen molar-refractivity contribution in [1.29, 1.82) is 0 Å². The highest BCUT2D eigenvalue weighted by Gasteiger charge is 2.22. The standard InChI is InChI=1S/C9H8O4.C8H6O4.C8H8O4.C7H6O4/c1-11-9(10)6-3-2-4-7-8(6)13-5-12-7;9-8(10)5-2-1-3-6-7(5)12-4-11-6;1-12-8(11)5-3-2-4-6(9)7(5)10;8-5-3-1-2-4(6(5)9)7(10)11/h2-4H,5H2,1H3;1-3H,4H2,(H,9,10);2-4,9-10H,1H3;1-3,8-9H,(H,10,11). The maximum Gasteiger partial charge on any atom is 0.341 e. The van der Waals surface area contributed by atoms with Crippen LogP contribution in [-0.4, -0.2) is 82.3 Å². The van der Waals surface area contributed by atoms with E-state index in [0.29, 0.717) is 28.6 Å². The lowest BCUT2D eigenvalue weighted by atomic mass is 10.2. The molecule has 0 saturated carbocycles. The molecule has 252 valence electrons. The molecule has 0 aromatic heterocycles. The van der Waals surface area contributed by atoms with Crippen molar-refractivity contribution in [2.75, 3.05) is 27.8 Å². The van der Waals surface area contributed by atoms with E-state index in [2.05, 4.69) is 9.47 Å². The van der Waals surface area contributed by atoms with Crippen LogP contribution < -0.4 is 18.9 Å². The van der Waals surface area contributed by atoms with E-state index in [1.807, 2.05) is 0 Å². The Labute approximate surface area is 271 Å². The maximum absolute atomic E-state index is 11.2. The summed E-state index contributed by atoms with van der Waals surface area (Å²) < 4.78 is 29.2. The van der Waals surface area contributed by atoms with Crippen LogP contribution in [0.3, 0.4) is 0 Å². The molecule has 0 spiro atoms. The van der Waals surface area contributed by atoms with E-state index in [4.69, 9.17) is 49.6 Å². The molecule has 16 heteroatoms. The van der Waals surface area contributed by atoms with Gasteiger partial charge >= 0.3 is 23.9 Å². The van der Waals surface area contributed by atoms with Gasteiger partial charge in [-0.05, 0) is 48.5 Å². The van der Waals surface area contributed by atoms with Gasteiger partial charge in [0.05, 0.1) is 14.2 Å². The number of hydrogen-bond acceptors (Lipinski definition) is 14. The van der Waals surface area contributed by atoms with Crippen LogP contribution in [0, 0.1) is 0 Å². The Bertz CT molecular complexity index is 1800. The predicted molar refractivity (Wildman–Crippen MR) is 161 cm³/mol. The van der Waals surface area contributed by atoms with Crippen molar-refractivity contribution in [1.82, 2.24) is 0 Å². The molecule has 2 aliphatic rings. The molecule has 0 aliphatic carbocycles. The first-order chi connectivity index (χ1) is 22.9. The lowest BCUT2D eigenvalue weighted by molar-refractivity contribution is 0.0587. The van der Waals surface area contributed by atoms with Gasteiger partial charge in [-0.15, -0.1) is 0 Å². The molecule has 6 N–H and O–H groups in total. The number of phenolic OH excluding ortho intramolecular Hbond substituents is 3. The number of benzene rings is 4. The van der Waals surface area contributed by atoms with E-state index in [9.17, 15) is 19.2 Å². The van der Waals surface area contributed by atoms with Gasteiger partial charge in [0.1, 0.15) is 22.3 Å². The number of methoxy groups -OCH3 is 2. The molecular weight excluding hydrogens is 640 g/mol. The van der Waals surface area contributed by atoms with E-state index < -0.39 is 41.1 Å². The zero-order valence-corrected chi connectivity index (χ0v) is 25.1. The summed E-state index contributed by atoms with van der Waals surface area (Å²) in [5.74, 6) is -3.30. The highest BCUT2D eigenvalue weighted by atomic mass is 16.7. The molecule has 0 amide bonds. The number of fused-ring (bicyclic) bond motifs is 2. The van der Waals surface area contributed by atoms with Gasteiger partial charge < -0.3 is 59.1 Å². The molecule has 0 saturated heterocycles. The van der Waals surface area contributed by atoms with Crippen molar-refractivity contribution in [2.24, 2.45) is 0 Å². The number of para-hydroxylation sites is 4. The number of phenols is 4. The van der Waals surface area contributed by atoms with Gasteiger partial charge in [-0.1, -0.05) is 24.3 Å². The smallest absolute Gasteiger partial charge is 0.341 e. The highest BCUT2D eigenvalue weighted by Crippen LogP contribution is 2.36. The van der Waals surface area contributed by atoms with Gasteiger partial charge in [0.15, 0.2) is 46.0 Å². The first kappa shape index (κ1) is 35.6. The van der Waals surface area contributed by atoms with Crippen LogP contribution in [0.15, 0.2) is 72.8 Å². The van der Waals surface area contributed by atoms with Gasteiger partial charge in [0.2, 0.25) is 13.6 Å². The molecule has 2 heterocycles. The second kappa shape index (κ2) is 16.5. The van der Waals surface area contributed by atoms with Gasteiger partial charge in [-0.2, -0.15) is 0 Å². The van der Waals surface area contributed by atoms with E-state index in [-0.39, 0.29) is 36.0 Å². The van der Waals surface area contributed by atoms with Crippen LogP contribution in [0.5, 0.6) is 46.0 Å². The van der Waals surface area contributed by atoms with Crippen molar-refractivity contribution in [3.8, 4) is 46.0 Å². The molecule has 16 nitrogen and oxygen atoms in total. The summed E-state index contributed by atoms with van der Waals surface area (Å²) in [6, 6.07) is 17.7. The molecule has 48 heavy (non-hydrogen) atoms. The minimum atomic E-state index is -1.27. The third-order valence-electron chi connectivity index (χ3n) is 6.09. The second-order valence-electron chi connectivity index (χ2n) is 9.02. The Hall–Kier alpha value is -6.84. The quantitative estimate of drug-likeness (QED) is 0.133. The lowest BCUT2D eigenvalue weighted by Gasteiger charge is -2.02. The van der Waals surface area contributed by atoms with Crippen molar-refractivity contribution in [3.05, 3.63) is 95.1 Å². The molecule has 0 atom stereocenters. The van der Waals surface area contributed by atoms with Gasteiger partial charge in [0.25, 0.3) is 0 Å². The molecule has 4 aromatic rings. The van der Waals surface area contributed by atoms with E-state index >= 15 is 0 Å². The summed E-state index contributed by atoms with van der Waals surface area (Å²) in [6.07, 6.45) is 0. The summed E-state index contributed by atoms with van der Waals surface area (Å²) in [5.41, 5.74) is 0.199. The number of carboxylic acids is 2. The zero-order valence-electron chi connectivity index (χ0n) is 25.1. The summed E-state index contributed by atoms with van der Waals surface area (Å²) in [5, 5.41) is 53.0. The Morgan fingerprint density at radius 1 is 0.521 bits per heavy atom. The number of esters is 2. The van der Waals surface area contributed by atoms with Crippen molar-refractivity contribution in [2.45, 2.75) is 0 Å². The van der Waals surface area contributed by atoms with Crippen LogP contribution >= 0.6 is 0 Å². The van der Waals surface area contributed by atoms with Crippen molar-refractivity contribution in [3.63, 3.8) is 0 Å². The van der Waals surface area contributed by atoms with Gasteiger partial charge in [0, 0.05) is 0 Å². The monoisotopic (exact) mass is 668 g/mol. The summed E-state index contributed by atoms with van der Waals surface area (Å²) >= 11 is 0. The Balaban J connectivity index is 0.000000174. The molecule has 4 aromatic carbocycles. The average Bonchev–Trinajstić information content (AvgIpc) is 3.77. The molecule has 0 radical (unpaired) electrons. The zero-order chi connectivity index (χ0) is 35.4. The first-order valence-electron chi connectivity index (χ1n) is 13.3. The third kappa shape index (κ3) is 8.66. The first-order valence-corrected chi connectivity index (χ1v) is 13.3. The average molecular weight is 669 g/mol. The second-order valence-corrected chi connectivity index (χ2v) is 9.02. The molecule has 0 unspecified atom stereocenters. The summed E-state index contributed by atoms with van der Waals surface area (Å²) in [6.45, 7) is 0.253. The van der Waals surface area contributed by atoms with E-state index in [1.165, 1.54) is 56.7 Å². The number of carbonyl (C=O) groups is 4. The van der Waals surface area contributed by atoms with Gasteiger partial charge in [-0.25, -0.2) is 19.2 Å². The minimum absolute atomic E-state index is 0.0440. The molecular formula is C32H28O16. The fraction of sp³-hybridized carbons (Fsp3) is 0.125. The topological polar surface area (TPSA) is 245 Å². The highest BCUT2D eigenvalue weighted by molar-refractivity contribution is 5.94. The fourth-order valence-electron chi connectivity index (χ4n) is 3.81. The van der Waals surface area contributed by atoms with Crippen LogP contribution in [0.1, 0.15) is 41.4 Å². The number of hydrogen-bond donors (Lipinski definition) is 6. The molecule has 2 aliphatic heterocycles. The van der Waals surface area contributed by atoms with Gasteiger partial charge in [-0.3, -0.25) is 0 Å². The van der Waals surface area contributed by atoms with E-state index in [1.54, 1.807) is 30.3 Å². The fourth-order valence-corrected chi connectivity index (χ4v) is 3.81. The SMILES string of the molecule is COC(=O)c1cccc(O)c1O.COC(=O)c1cccc2c1OCO2.O=C(O)c1cccc(O)c1O.O=C(O)c1cccc2c1OCO2. The Kier molecular flexibility index (Phi) is 12.2. The van der Waals surface area contributed by atoms with Crippen LogP contribution in [0.2, 0.25) is 0 Å². The lowest BCUT2D eigenvalue weighted by Crippen LogP contribution is -2.02. The predicted octanol–water partition coefficient (Wildman–Crippen LogP) is 4.00. The molecule has 6 rings (SSSR count). The number of ether oxygens (including phenoxy) is 6. The Morgan fingerprint density at radius 3 is 1.35 bits per heavy atom. The largest absolute Gasteiger partial charge is 0.504 e. The Morgan fingerprint density at radius 2 is 0.896 bits per heavy atom. The summed E-state index contributed by atoms with van der Waals surface area (Å²) in [4.78, 5) is 43.0.